The first-order valence-corrected chi connectivity index (χ1v) is 8.73. The van der Waals surface area contributed by atoms with E-state index in [9.17, 15) is 18.3 Å². The molecule has 0 unspecified atom stereocenters. The summed E-state index contributed by atoms with van der Waals surface area (Å²) >= 11 is 5.82. The van der Waals surface area contributed by atoms with Gasteiger partial charge in [0.1, 0.15) is 5.75 Å². The zero-order valence-electron chi connectivity index (χ0n) is 12.8. The van der Waals surface area contributed by atoms with E-state index in [1.54, 1.807) is 20.2 Å². The van der Waals surface area contributed by atoms with Crippen molar-refractivity contribution >= 4 is 38.3 Å². The van der Waals surface area contributed by atoms with Crippen LogP contribution in [0.4, 0.5) is 5.69 Å². The summed E-state index contributed by atoms with van der Waals surface area (Å²) in [5, 5.41) is 10.1. The third-order valence-electron chi connectivity index (χ3n) is 3.76. The molecule has 1 aromatic heterocycles. The Labute approximate surface area is 142 Å². The summed E-state index contributed by atoms with van der Waals surface area (Å²) in [5.74, 6) is -0.240. The Kier molecular flexibility index (Phi) is 3.81. The molecule has 0 spiro atoms. The van der Waals surface area contributed by atoms with Crippen molar-refractivity contribution in [1.29, 1.82) is 0 Å². The molecule has 0 aliphatic heterocycles. The van der Waals surface area contributed by atoms with Crippen molar-refractivity contribution in [3.63, 3.8) is 0 Å². The lowest BCUT2D eigenvalue weighted by Gasteiger charge is -2.10. The van der Waals surface area contributed by atoms with Gasteiger partial charge in [-0.15, -0.1) is 0 Å². The van der Waals surface area contributed by atoms with Crippen LogP contribution in [-0.4, -0.2) is 22.7 Å². The van der Waals surface area contributed by atoms with E-state index in [0.29, 0.717) is 11.0 Å². The quantitative estimate of drug-likeness (QED) is 0.693. The first-order chi connectivity index (χ1) is 11.2. The average molecular weight is 368 g/mol. The highest BCUT2D eigenvalue weighted by Crippen LogP contribution is 2.29. The number of halogens is 1. The van der Waals surface area contributed by atoms with Crippen molar-refractivity contribution in [3.8, 4) is 5.75 Å². The van der Waals surface area contributed by atoms with E-state index in [1.807, 2.05) is 0 Å². The van der Waals surface area contributed by atoms with Crippen LogP contribution in [-0.2, 0) is 24.1 Å². The molecule has 0 aliphatic carbocycles. The molecule has 0 saturated carbocycles. The number of phenols is 1. The molecular formula is C15H14ClN3O4S. The van der Waals surface area contributed by atoms with Gasteiger partial charge in [-0.05, 0) is 36.4 Å². The van der Waals surface area contributed by atoms with Crippen LogP contribution < -0.4 is 10.4 Å². The van der Waals surface area contributed by atoms with E-state index < -0.39 is 10.0 Å². The van der Waals surface area contributed by atoms with Gasteiger partial charge in [0.05, 0.1) is 21.6 Å². The molecule has 126 valence electrons. The lowest BCUT2D eigenvalue weighted by atomic mass is 10.3. The van der Waals surface area contributed by atoms with Crippen LogP contribution in [0, 0.1) is 0 Å². The van der Waals surface area contributed by atoms with Gasteiger partial charge in [-0.2, -0.15) is 0 Å². The Morgan fingerprint density at radius 3 is 2.42 bits per heavy atom. The van der Waals surface area contributed by atoms with Crippen molar-refractivity contribution in [1.82, 2.24) is 9.13 Å². The van der Waals surface area contributed by atoms with E-state index in [1.165, 1.54) is 39.5 Å². The number of fused-ring (bicyclic) bond motifs is 1. The summed E-state index contributed by atoms with van der Waals surface area (Å²) in [4.78, 5) is 11.9. The molecule has 9 heteroatoms. The molecule has 1 heterocycles. The summed E-state index contributed by atoms with van der Waals surface area (Å²) in [6.45, 7) is 0. The lowest BCUT2D eigenvalue weighted by molar-refractivity contribution is 0.477. The number of anilines is 1. The fourth-order valence-corrected chi connectivity index (χ4v) is 3.70. The Morgan fingerprint density at radius 2 is 1.71 bits per heavy atom. The van der Waals surface area contributed by atoms with Gasteiger partial charge in [0.15, 0.2) is 0 Å². The number of sulfonamides is 1. The molecule has 2 N–H and O–H groups in total. The molecule has 0 radical (unpaired) electrons. The van der Waals surface area contributed by atoms with Crippen molar-refractivity contribution in [2.24, 2.45) is 14.1 Å². The van der Waals surface area contributed by atoms with E-state index in [2.05, 4.69) is 4.72 Å². The summed E-state index contributed by atoms with van der Waals surface area (Å²) in [6.07, 6.45) is 0. The maximum Gasteiger partial charge on any atom is 0.328 e. The Morgan fingerprint density at radius 1 is 1.04 bits per heavy atom. The molecule has 0 atom stereocenters. The second kappa shape index (κ2) is 5.57. The first kappa shape index (κ1) is 16.4. The number of hydrogen-bond donors (Lipinski definition) is 2. The number of aryl methyl sites for hydroxylation is 2. The van der Waals surface area contributed by atoms with Crippen molar-refractivity contribution in [2.75, 3.05) is 4.72 Å². The SMILES string of the molecule is Cn1c(=O)n(C)c2cc(S(=O)(=O)Nc3cc(Cl)ccc3O)ccc21. The number of aromatic hydroxyl groups is 1. The Bertz CT molecular complexity index is 1120. The predicted molar refractivity (Wildman–Crippen MR) is 92.1 cm³/mol. The number of rotatable bonds is 3. The molecule has 0 fully saturated rings. The van der Waals surface area contributed by atoms with Crippen LogP contribution in [0.2, 0.25) is 5.02 Å². The standard InChI is InChI=1S/C15H14ClN3O4S/c1-18-12-5-4-10(8-13(12)19(2)15(18)21)24(22,23)17-11-7-9(16)3-6-14(11)20/h3-8,17,20H,1-2H3. The Hall–Kier alpha value is -2.45. The zero-order chi connectivity index (χ0) is 17.6. The zero-order valence-corrected chi connectivity index (χ0v) is 14.4. The van der Waals surface area contributed by atoms with E-state index >= 15 is 0 Å². The highest BCUT2D eigenvalue weighted by Gasteiger charge is 2.19. The maximum absolute atomic E-state index is 12.6. The fourth-order valence-electron chi connectivity index (χ4n) is 2.45. The lowest BCUT2D eigenvalue weighted by Crippen LogP contribution is -2.19. The minimum Gasteiger partial charge on any atom is -0.506 e. The van der Waals surface area contributed by atoms with Crippen LogP contribution in [0.3, 0.4) is 0 Å². The second-order valence-corrected chi connectivity index (χ2v) is 7.44. The molecular weight excluding hydrogens is 354 g/mol. The summed E-state index contributed by atoms with van der Waals surface area (Å²) in [7, 11) is -0.779. The average Bonchev–Trinajstić information content (AvgIpc) is 2.75. The molecule has 0 saturated heterocycles. The second-order valence-electron chi connectivity index (χ2n) is 5.32. The van der Waals surface area contributed by atoms with Crippen molar-refractivity contribution in [3.05, 3.63) is 51.9 Å². The first-order valence-electron chi connectivity index (χ1n) is 6.87. The number of imidazole rings is 1. The van der Waals surface area contributed by atoms with Crippen LogP contribution in [0.5, 0.6) is 5.75 Å². The molecule has 3 aromatic rings. The van der Waals surface area contributed by atoms with Gasteiger partial charge < -0.3 is 5.11 Å². The van der Waals surface area contributed by atoms with Crippen LogP contribution >= 0.6 is 11.6 Å². The van der Waals surface area contributed by atoms with Gasteiger partial charge in [0.2, 0.25) is 0 Å². The molecule has 0 bridgehead atoms. The third kappa shape index (κ3) is 2.63. The van der Waals surface area contributed by atoms with Gasteiger partial charge in [0, 0.05) is 19.1 Å². The molecule has 2 aromatic carbocycles. The predicted octanol–water partition coefficient (Wildman–Crippen LogP) is 2.04. The van der Waals surface area contributed by atoms with E-state index in [4.69, 9.17) is 11.6 Å². The molecule has 3 rings (SSSR count). The van der Waals surface area contributed by atoms with Crippen molar-refractivity contribution in [2.45, 2.75) is 4.90 Å². The molecule has 0 aliphatic rings. The number of nitrogens with zero attached hydrogens (tertiary/aromatic N) is 2. The smallest absolute Gasteiger partial charge is 0.328 e. The number of nitrogens with one attached hydrogen (secondary N) is 1. The third-order valence-corrected chi connectivity index (χ3v) is 5.35. The van der Waals surface area contributed by atoms with Gasteiger partial charge in [-0.3, -0.25) is 13.9 Å². The maximum atomic E-state index is 12.6. The number of benzene rings is 2. The van der Waals surface area contributed by atoms with Crippen LogP contribution in [0.25, 0.3) is 11.0 Å². The summed E-state index contributed by atoms with van der Waals surface area (Å²) in [6, 6.07) is 8.41. The van der Waals surface area contributed by atoms with Gasteiger partial charge in [-0.25, -0.2) is 13.2 Å². The monoisotopic (exact) mass is 367 g/mol. The van der Waals surface area contributed by atoms with E-state index in [-0.39, 0.29) is 27.0 Å². The van der Waals surface area contributed by atoms with E-state index in [0.717, 1.165) is 0 Å². The van der Waals surface area contributed by atoms with Crippen molar-refractivity contribution < 1.29 is 13.5 Å². The molecule has 24 heavy (non-hydrogen) atoms. The minimum absolute atomic E-state index is 0.0236. The largest absolute Gasteiger partial charge is 0.506 e. The minimum atomic E-state index is -3.96. The fraction of sp³-hybridized carbons (Fsp3) is 0.133. The van der Waals surface area contributed by atoms with Gasteiger partial charge in [0.25, 0.3) is 10.0 Å². The van der Waals surface area contributed by atoms with Crippen LogP contribution in [0.1, 0.15) is 0 Å². The normalized spacial score (nSPS) is 11.8. The molecule has 7 nitrogen and oxygen atoms in total. The Balaban J connectivity index is 2.10. The molecule has 0 amide bonds. The number of hydrogen-bond acceptors (Lipinski definition) is 4. The number of aromatic nitrogens is 2. The van der Waals surface area contributed by atoms with Crippen LogP contribution in [0.15, 0.2) is 46.1 Å². The highest BCUT2D eigenvalue weighted by atomic mass is 35.5. The highest BCUT2D eigenvalue weighted by molar-refractivity contribution is 7.92. The van der Waals surface area contributed by atoms with Gasteiger partial charge >= 0.3 is 5.69 Å². The summed E-state index contributed by atoms with van der Waals surface area (Å²) in [5.41, 5.74) is 0.831. The topological polar surface area (TPSA) is 93.3 Å². The summed E-state index contributed by atoms with van der Waals surface area (Å²) < 4.78 is 30.2. The number of phenolic OH excluding ortho intramolecular Hbond substituents is 1. The van der Waals surface area contributed by atoms with Gasteiger partial charge in [-0.1, -0.05) is 11.6 Å².